The third-order valence-corrected chi connectivity index (χ3v) is 3.24. The van der Waals surface area contributed by atoms with Crippen LogP contribution in [0.15, 0.2) is 0 Å². The second-order valence-electron chi connectivity index (χ2n) is 4.35. The molecule has 0 rings (SSSR count). The minimum absolute atomic E-state index is 0.106. The Bertz CT molecular complexity index is 197. The van der Waals surface area contributed by atoms with Crippen LogP contribution in [-0.4, -0.2) is 33.3 Å². The zero-order chi connectivity index (χ0) is 12.1. The molecule has 15 heavy (non-hydrogen) atoms. The van der Waals surface area contributed by atoms with Crippen LogP contribution in [0.3, 0.4) is 0 Å². The maximum absolute atomic E-state index is 5.80. The number of rotatable bonds is 4. The average molecular weight is 249 g/mol. The molecule has 0 fully saturated rings. The highest BCUT2D eigenvalue weighted by atomic mass is 32.2. The topological polar surface area (TPSA) is 12.5 Å². The lowest BCUT2D eigenvalue weighted by atomic mass is 10.2. The molecule has 0 aromatic heterocycles. The van der Waals surface area contributed by atoms with Crippen molar-refractivity contribution in [3.63, 3.8) is 0 Å². The van der Waals surface area contributed by atoms with Crippen molar-refractivity contribution in [3.8, 4) is 0 Å². The normalized spacial score (nSPS) is 13.7. The van der Waals surface area contributed by atoms with Crippen LogP contribution in [0.4, 0.5) is 0 Å². The maximum Gasteiger partial charge on any atom is 0.138 e. The fourth-order valence-electron chi connectivity index (χ4n) is 1.22. The molecule has 0 bridgehead atoms. The van der Waals surface area contributed by atoms with Gasteiger partial charge in [-0.1, -0.05) is 24.0 Å². The Kier molecular flexibility index (Phi) is 6.80. The molecule has 0 aliphatic rings. The fraction of sp³-hybridized carbons (Fsp3) is 0.909. The second-order valence-corrected chi connectivity index (χ2v) is 6.29. The summed E-state index contributed by atoms with van der Waals surface area (Å²) in [5.41, 5.74) is 0.00349. The van der Waals surface area contributed by atoms with E-state index in [9.17, 15) is 0 Å². The highest BCUT2D eigenvalue weighted by Gasteiger charge is 2.18. The molecule has 4 heteroatoms. The molecule has 0 heterocycles. The number of thiocarbonyl (C=S) groups is 1. The lowest BCUT2D eigenvalue weighted by Gasteiger charge is -2.27. The van der Waals surface area contributed by atoms with E-state index in [1.54, 1.807) is 11.8 Å². The second kappa shape index (κ2) is 6.71. The Hall–Kier alpha value is 0.200. The molecular weight excluding hydrogens is 226 g/mol. The van der Waals surface area contributed by atoms with Crippen molar-refractivity contribution < 1.29 is 4.74 Å². The van der Waals surface area contributed by atoms with E-state index < -0.39 is 0 Å². The summed E-state index contributed by atoms with van der Waals surface area (Å²) in [5.74, 6) is 0. The number of hydrogen-bond acceptors (Lipinski definition) is 3. The number of hydrogen-bond donors (Lipinski definition) is 0. The standard InChI is InChI=1S/C11H23NOS2/c1-7-12(8-2)10(14)15-9(3)13-11(4,5)6/h9H,7-8H2,1-6H3. The van der Waals surface area contributed by atoms with Crippen molar-refractivity contribution in [1.29, 1.82) is 0 Å². The Morgan fingerprint density at radius 3 is 2.13 bits per heavy atom. The Morgan fingerprint density at radius 1 is 1.33 bits per heavy atom. The molecule has 2 nitrogen and oxygen atoms in total. The van der Waals surface area contributed by atoms with Gasteiger partial charge in [-0.05, 0) is 41.5 Å². The van der Waals surface area contributed by atoms with E-state index in [0.29, 0.717) is 0 Å². The first-order valence-corrected chi connectivity index (χ1v) is 6.72. The summed E-state index contributed by atoms with van der Waals surface area (Å²) in [7, 11) is 0. The van der Waals surface area contributed by atoms with Crippen molar-refractivity contribution in [2.75, 3.05) is 13.1 Å². The van der Waals surface area contributed by atoms with E-state index in [4.69, 9.17) is 17.0 Å². The molecule has 1 unspecified atom stereocenters. The van der Waals surface area contributed by atoms with Gasteiger partial charge in [0.05, 0.1) is 5.60 Å². The number of ether oxygens (including phenoxy) is 1. The minimum Gasteiger partial charge on any atom is -0.362 e. The highest BCUT2D eigenvalue weighted by Crippen LogP contribution is 2.22. The Morgan fingerprint density at radius 2 is 1.80 bits per heavy atom. The molecule has 0 spiro atoms. The lowest BCUT2D eigenvalue weighted by molar-refractivity contribution is -0.0111. The van der Waals surface area contributed by atoms with Crippen LogP contribution in [0.2, 0.25) is 0 Å². The molecule has 0 saturated heterocycles. The molecule has 90 valence electrons. The molecule has 0 N–H and O–H groups in total. The van der Waals surface area contributed by atoms with Crippen LogP contribution < -0.4 is 0 Å². The third kappa shape index (κ3) is 7.14. The largest absolute Gasteiger partial charge is 0.362 e. The van der Waals surface area contributed by atoms with Crippen LogP contribution in [0.1, 0.15) is 41.5 Å². The molecule has 0 saturated carbocycles. The fourth-order valence-corrected chi connectivity index (χ4v) is 2.91. The van der Waals surface area contributed by atoms with Gasteiger partial charge in [-0.2, -0.15) is 0 Å². The van der Waals surface area contributed by atoms with E-state index in [1.807, 2.05) is 6.92 Å². The van der Waals surface area contributed by atoms with Gasteiger partial charge >= 0.3 is 0 Å². The smallest absolute Gasteiger partial charge is 0.138 e. The molecule has 0 aromatic rings. The van der Waals surface area contributed by atoms with E-state index in [2.05, 4.69) is 39.5 Å². The van der Waals surface area contributed by atoms with Gasteiger partial charge in [0.1, 0.15) is 9.76 Å². The summed E-state index contributed by atoms with van der Waals surface area (Å²) in [6.07, 6.45) is 0. The maximum atomic E-state index is 5.80. The summed E-state index contributed by atoms with van der Waals surface area (Å²) in [5, 5.41) is 0. The number of thioether (sulfide) groups is 1. The van der Waals surface area contributed by atoms with Gasteiger partial charge in [-0.15, -0.1) is 0 Å². The molecule has 0 aliphatic carbocycles. The van der Waals surface area contributed by atoms with E-state index in [-0.39, 0.29) is 11.0 Å². The zero-order valence-corrected chi connectivity index (χ0v) is 12.3. The van der Waals surface area contributed by atoms with Crippen molar-refractivity contribution in [1.82, 2.24) is 4.90 Å². The van der Waals surface area contributed by atoms with Gasteiger partial charge in [-0.3, -0.25) is 0 Å². The van der Waals surface area contributed by atoms with Crippen LogP contribution in [-0.2, 0) is 4.74 Å². The number of nitrogens with zero attached hydrogens (tertiary/aromatic N) is 1. The predicted molar refractivity (Wildman–Crippen MR) is 73.4 cm³/mol. The third-order valence-electron chi connectivity index (χ3n) is 1.81. The summed E-state index contributed by atoms with van der Waals surface area (Å²) in [4.78, 5) is 2.17. The summed E-state index contributed by atoms with van der Waals surface area (Å²) < 4.78 is 6.72. The molecule has 0 amide bonds. The molecule has 1 atom stereocenters. The van der Waals surface area contributed by atoms with Crippen molar-refractivity contribution in [3.05, 3.63) is 0 Å². The molecule has 0 aliphatic heterocycles. The zero-order valence-electron chi connectivity index (χ0n) is 10.7. The summed E-state index contributed by atoms with van der Waals surface area (Å²) in [6.45, 7) is 14.4. The minimum atomic E-state index is -0.106. The monoisotopic (exact) mass is 249 g/mol. The van der Waals surface area contributed by atoms with Crippen LogP contribution in [0.5, 0.6) is 0 Å². The molecular formula is C11H23NOS2. The van der Waals surface area contributed by atoms with Gasteiger partial charge in [0, 0.05) is 13.1 Å². The average Bonchev–Trinajstić information content (AvgIpc) is 2.02. The van der Waals surface area contributed by atoms with Crippen LogP contribution >= 0.6 is 24.0 Å². The molecule has 0 radical (unpaired) electrons. The van der Waals surface area contributed by atoms with Crippen molar-refractivity contribution in [2.45, 2.75) is 52.6 Å². The predicted octanol–water partition coefficient (Wildman–Crippen LogP) is 3.51. The molecule has 0 aromatic carbocycles. The van der Waals surface area contributed by atoms with Gasteiger partial charge in [0.2, 0.25) is 0 Å². The van der Waals surface area contributed by atoms with Gasteiger partial charge in [0.15, 0.2) is 0 Å². The van der Waals surface area contributed by atoms with Crippen LogP contribution in [0.25, 0.3) is 0 Å². The summed E-state index contributed by atoms with van der Waals surface area (Å²) >= 11 is 6.97. The Labute approximate surface area is 104 Å². The lowest BCUT2D eigenvalue weighted by Crippen LogP contribution is -2.30. The first-order valence-electron chi connectivity index (χ1n) is 5.43. The van der Waals surface area contributed by atoms with E-state index in [1.165, 1.54) is 0 Å². The quantitative estimate of drug-likeness (QED) is 0.558. The summed E-state index contributed by atoms with van der Waals surface area (Å²) in [6, 6.07) is 0. The van der Waals surface area contributed by atoms with Crippen LogP contribution in [0, 0.1) is 0 Å². The SMILES string of the molecule is CCN(CC)C(=S)SC(C)OC(C)(C)C. The van der Waals surface area contributed by atoms with Gasteiger partial charge < -0.3 is 9.64 Å². The first-order chi connectivity index (χ1) is 6.80. The van der Waals surface area contributed by atoms with Gasteiger partial charge in [-0.25, -0.2) is 0 Å². The van der Waals surface area contributed by atoms with Crippen molar-refractivity contribution in [2.24, 2.45) is 0 Å². The van der Waals surface area contributed by atoms with E-state index in [0.717, 1.165) is 17.4 Å². The Balaban J connectivity index is 4.06. The van der Waals surface area contributed by atoms with Crippen molar-refractivity contribution >= 4 is 28.3 Å². The van der Waals surface area contributed by atoms with E-state index >= 15 is 0 Å². The highest BCUT2D eigenvalue weighted by molar-refractivity contribution is 8.23. The van der Waals surface area contributed by atoms with Gasteiger partial charge in [0.25, 0.3) is 0 Å². The first kappa shape index (κ1) is 15.2.